The SMILES string of the molecule is Cc1cc(C)c(/C(=C2\C=CC=N2)c2cc(C#Cc3c[nH]c(/C(=C4/C=CC=N4)c4c(C)cc(C)cc4C)c3)c[nH]2)c(C)c1. The van der Waals surface area contributed by atoms with Gasteiger partial charge >= 0.3 is 0 Å². The zero-order chi connectivity index (χ0) is 29.4. The van der Waals surface area contributed by atoms with Crippen molar-refractivity contribution in [1.82, 2.24) is 9.97 Å². The van der Waals surface area contributed by atoms with E-state index in [9.17, 15) is 0 Å². The third kappa shape index (κ3) is 5.18. The smallest absolute Gasteiger partial charge is 0.0729 e. The minimum Gasteiger partial charge on any atom is -0.360 e. The first kappa shape index (κ1) is 27.1. The largest absolute Gasteiger partial charge is 0.360 e. The summed E-state index contributed by atoms with van der Waals surface area (Å²) in [6.07, 6.45) is 15.7. The van der Waals surface area contributed by atoms with Crippen molar-refractivity contribution < 1.29 is 0 Å². The van der Waals surface area contributed by atoms with Crippen LogP contribution in [0.2, 0.25) is 0 Å². The van der Waals surface area contributed by atoms with Crippen LogP contribution in [0.1, 0.15) is 67.0 Å². The number of allylic oxidation sites excluding steroid dienone is 4. The lowest BCUT2D eigenvalue weighted by Crippen LogP contribution is -1.99. The molecule has 42 heavy (non-hydrogen) atoms. The van der Waals surface area contributed by atoms with Crippen molar-refractivity contribution in [2.75, 3.05) is 0 Å². The second-order valence-electron chi connectivity index (χ2n) is 11.2. The van der Waals surface area contributed by atoms with Crippen molar-refractivity contribution in [3.8, 4) is 11.8 Å². The maximum absolute atomic E-state index is 4.65. The van der Waals surface area contributed by atoms with E-state index in [0.29, 0.717) is 0 Å². The first-order valence-corrected chi connectivity index (χ1v) is 14.2. The molecule has 0 bridgehead atoms. The van der Waals surface area contributed by atoms with Gasteiger partial charge in [0, 0.05) is 58.5 Å². The molecule has 0 aliphatic carbocycles. The van der Waals surface area contributed by atoms with E-state index < -0.39 is 0 Å². The maximum Gasteiger partial charge on any atom is 0.0729 e. The summed E-state index contributed by atoms with van der Waals surface area (Å²) in [6.45, 7) is 12.9. The first-order valence-electron chi connectivity index (χ1n) is 14.2. The predicted molar refractivity (Wildman–Crippen MR) is 176 cm³/mol. The number of benzene rings is 2. The molecule has 2 aromatic carbocycles. The van der Waals surface area contributed by atoms with Crippen LogP contribution in [0.25, 0.3) is 11.1 Å². The third-order valence-corrected chi connectivity index (χ3v) is 7.73. The lowest BCUT2D eigenvalue weighted by molar-refractivity contribution is 1.25. The van der Waals surface area contributed by atoms with Crippen LogP contribution in [0.15, 0.2) is 94.5 Å². The molecule has 2 aromatic heterocycles. The van der Waals surface area contributed by atoms with Crippen LogP contribution in [0, 0.1) is 53.4 Å². The third-order valence-electron chi connectivity index (χ3n) is 7.73. The second kappa shape index (κ2) is 11.0. The average molecular weight is 547 g/mol. The molecule has 4 heterocycles. The van der Waals surface area contributed by atoms with Gasteiger partial charge in [-0.25, -0.2) is 0 Å². The molecular formula is C38H34N4. The molecule has 4 aromatic rings. The number of aliphatic imine (C=N–C) groups is 2. The van der Waals surface area contributed by atoms with Crippen molar-refractivity contribution >= 4 is 23.6 Å². The highest BCUT2D eigenvalue weighted by molar-refractivity contribution is 5.91. The molecule has 206 valence electrons. The summed E-state index contributed by atoms with van der Waals surface area (Å²) in [4.78, 5) is 16.3. The summed E-state index contributed by atoms with van der Waals surface area (Å²) in [5.74, 6) is 6.74. The standard InChI is InChI=1S/C38H34N4/c1-23-15-25(3)35(26(4)16-23)37(31-9-7-13-39-31)33-19-29(21-41-33)11-12-30-20-34(42-22-30)38(32-10-8-14-40-32)36-27(5)17-24(2)18-28(36)6/h7-10,13-22,41-42H,1-6H3/b37-31+,38-32+. The molecule has 0 radical (unpaired) electrons. The zero-order valence-electron chi connectivity index (χ0n) is 25.0. The number of H-pyrrole nitrogens is 2. The molecule has 0 atom stereocenters. The van der Waals surface area contributed by atoms with Gasteiger partial charge in [0.25, 0.3) is 0 Å². The highest BCUT2D eigenvalue weighted by Crippen LogP contribution is 2.35. The van der Waals surface area contributed by atoms with Gasteiger partial charge in [-0.1, -0.05) is 47.2 Å². The lowest BCUT2D eigenvalue weighted by Gasteiger charge is -2.15. The van der Waals surface area contributed by atoms with E-state index >= 15 is 0 Å². The van der Waals surface area contributed by atoms with Crippen LogP contribution < -0.4 is 0 Å². The molecule has 4 nitrogen and oxygen atoms in total. The topological polar surface area (TPSA) is 56.3 Å². The fraction of sp³-hybridized carbons (Fsp3) is 0.158. The molecule has 0 unspecified atom stereocenters. The van der Waals surface area contributed by atoms with Crippen LogP contribution in [0.4, 0.5) is 0 Å². The van der Waals surface area contributed by atoms with E-state index in [1.54, 1.807) is 0 Å². The predicted octanol–water partition coefficient (Wildman–Crippen LogP) is 8.39. The Kier molecular flexibility index (Phi) is 7.10. The second-order valence-corrected chi connectivity index (χ2v) is 11.2. The Morgan fingerprint density at radius 1 is 0.548 bits per heavy atom. The van der Waals surface area contributed by atoms with Gasteiger partial charge < -0.3 is 9.97 Å². The molecule has 0 amide bonds. The molecule has 4 heteroatoms. The van der Waals surface area contributed by atoms with Crippen molar-refractivity contribution in [1.29, 1.82) is 0 Å². The summed E-state index contributed by atoms with van der Waals surface area (Å²) in [5, 5.41) is 0. The molecule has 0 spiro atoms. The Hall–Kier alpha value is -5.14. The Bertz CT molecular complexity index is 1770. The summed E-state index contributed by atoms with van der Waals surface area (Å²) < 4.78 is 0. The summed E-state index contributed by atoms with van der Waals surface area (Å²) in [5.41, 5.74) is 17.8. The molecule has 0 saturated heterocycles. The van der Waals surface area contributed by atoms with E-state index in [4.69, 9.17) is 0 Å². The first-order chi connectivity index (χ1) is 20.3. The van der Waals surface area contributed by atoms with E-state index in [1.807, 2.05) is 37.0 Å². The number of aromatic nitrogens is 2. The fourth-order valence-corrected chi connectivity index (χ4v) is 6.21. The van der Waals surface area contributed by atoms with Gasteiger partial charge in [0.15, 0.2) is 0 Å². The van der Waals surface area contributed by atoms with Crippen molar-refractivity contribution in [3.63, 3.8) is 0 Å². The maximum atomic E-state index is 4.65. The van der Waals surface area contributed by atoms with Crippen molar-refractivity contribution in [2.45, 2.75) is 41.5 Å². The Morgan fingerprint density at radius 3 is 1.26 bits per heavy atom. The minimum absolute atomic E-state index is 0.923. The van der Waals surface area contributed by atoms with Gasteiger partial charge in [0.05, 0.1) is 11.4 Å². The van der Waals surface area contributed by atoms with Crippen LogP contribution in [-0.4, -0.2) is 22.4 Å². The molecule has 0 fully saturated rings. The molecule has 2 aliphatic heterocycles. The van der Waals surface area contributed by atoms with Crippen molar-refractivity contribution in [2.24, 2.45) is 9.98 Å². The molecule has 0 saturated carbocycles. The molecule has 2 N–H and O–H groups in total. The number of rotatable bonds is 4. The quantitative estimate of drug-likeness (QED) is 0.242. The number of hydrogen-bond acceptors (Lipinski definition) is 2. The normalized spacial score (nSPS) is 15.9. The molecule has 6 rings (SSSR count). The van der Waals surface area contributed by atoms with E-state index in [0.717, 1.165) is 45.1 Å². The highest BCUT2D eigenvalue weighted by atomic mass is 14.8. The number of nitrogens with one attached hydrogen (secondary N) is 2. The number of aryl methyl sites for hydroxylation is 6. The monoisotopic (exact) mass is 546 g/mol. The molecule has 2 aliphatic rings. The zero-order valence-corrected chi connectivity index (χ0v) is 25.0. The van der Waals surface area contributed by atoms with Gasteiger partial charge in [-0.3, -0.25) is 9.98 Å². The van der Waals surface area contributed by atoms with E-state index in [2.05, 4.69) is 122 Å². The van der Waals surface area contributed by atoms with Crippen LogP contribution >= 0.6 is 0 Å². The average Bonchev–Trinajstić information content (AvgIpc) is 3.76. The Balaban J connectivity index is 1.36. The number of aromatic amines is 2. The lowest BCUT2D eigenvalue weighted by atomic mass is 9.90. The van der Waals surface area contributed by atoms with Crippen LogP contribution in [0.3, 0.4) is 0 Å². The van der Waals surface area contributed by atoms with E-state index in [-0.39, 0.29) is 0 Å². The van der Waals surface area contributed by atoms with E-state index in [1.165, 1.54) is 44.5 Å². The summed E-state index contributed by atoms with van der Waals surface area (Å²) in [7, 11) is 0. The van der Waals surface area contributed by atoms with Crippen molar-refractivity contribution in [3.05, 3.63) is 152 Å². The Morgan fingerprint density at radius 2 is 0.929 bits per heavy atom. The number of hydrogen-bond donors (Lipinski definition) is 2. The van der Waals surface area contributed by atoms with Crippen LogP contribution in [-0.2, 0) is 0 Å². The highest BCUT2D eigenvalue weighted by Gasteiger charge is 2.19. The summed E-state index contributed by atoms with van der Waals surface area (Å²) >= 11 is 0. The van der Waals surface area contributed by atoms with Gasteiger partial charge in [-0.2, -0.15) is 0 Å². The minimum atomic E-state index is 0.923. The van der Waals surface area contributed by atoms with Crippen LogP contribution in [0.5, 0.6) is 0 Å². The fourth-order valence-electron chi connectivity index (χ4n) is 6.21. The summed E-state index contributed by atoms with van der Waals surface area (Å²) in [6, 6.07) is 13.2. The van der Waals surface area contributed by atoms with Gasteiger partial charge in [-0.05, 0) is 111 Å². The van der Waals surface area contributed by atoms with Gasteiger partial charge in [0.2, 0.25) is 0 Å². The van der Waals surface area contributed by atoms with Gasteiger partial charge in [0.1, 0.15) is 0 Å². The Labute approximate surface area is 248 Å². The molecular weight excluding hydrogens is 512 g/mol. The number of nitrogens with zero attached hydrogens (tertiary/aromatic N) is 2. The van der Waals surface area contributed by atoms with Gasteiger partial charge in [-0.15, -0.1) is 0 Å².